The van der Waals surface area contributed by atoms with Crippen molar-refractivity contribution in [2.45, 2.75) is 13.8 Å². The topological polar surface area (TPSA) is 51.5 Å². The summed E-state index contributed by atoms with van der Waals surface area (Å²) in [6.45, 7) is 4.32. The molecule has 3 aromatic rings. The molecule has 0 aliphatic heterocycles. The number of phenolic OH excluding ortho intramolecular Hbond substituents is 1. The smallest absolute Gasteiger partial charge is 0.200 e. The highest BCUT2D eigenvalue weighted by Crippen LogP contribution is 2.30. The zero-order valence-corrected chi connectivity index (χ0v) is 13.5. The fourth-order valence-corrected chi connectivity index (χ4v) is 2.71. The first-order chi connectivity index (χ1) is 11.0. The van der Waals surface area contributed by atoms with Gasteiger partial charge in [-0.05, 0) is 32.1 Å². The predicted octanol–water partition coefficient (Wildman–Crippen LogP) is 3.74. The normalized spacial score (nSPS) is 10.9. The number of benzene rings is 2. The molecule has 0 bridgehead atoms. The van der Waals surface area contributed by atoms with Gasteiger partial charge in [-0.2, -0.15) is 0 Å². The molecule has 4 heteroatoms. The number of phenols is 1. The second kappa shape index (κ2) is 5.80. The summed E-state index contributed by atoms with van der Waals surface area (Å²) in [6.07, 6.45) is 1.93. The Balaban J connectivity index is 2.33. The summed E-state index contributed by atoms with van der Waals surface area (Å²) in [6, 6.07) is 10.5. The molecule has 0 saturated heterocycles. The molecule has 0 aliphatic carbocycles. The second-order valence-electron chi connectivity index (χ2n) is 5.84. The highest BCUT2D eigenvalue weighted by Gasteiger charge is 2.14. The van der Waals surface area contributed by atoms with Crippen molar-refractivity contribution in [3.63, 3.8) is 0 Å². The van der Waals surface area contributed by atoms with Crippen molar-refractivity contribution < 1.29 is 9.84 Å². The van der Waals surface area contributed by atoms with Gasteiger partial charge in [0.25, 0.3) is 0 Å². The summed E-state index contributed by atoms with van der Waals surface area (Å²) in [5.74, 6) is 0.485. The molecule has 3 rings (SSSR count). The number of para-hydroxylation sites is 1. The van der Waals surface area contributed by atoms with E-state index in [1.807, 2.05) is 55.8 Å². The van der Waals surface area contributed by atoms with Crippen LogP contribution in [-0.2, 0) is 7.05 Å². The zero-order chi connectivity index (χ0) is 16.6. The molecule has 0 fully saturated rings. The minimum absolute atomic E-state index is 0.0787. The van der Waals surface area contributed by atoms with Crippen molar-refractivity contribution >= 4 is 21.8 Å². The average molecular weight is 309 g/mol. The lowest BCUT2D eigenvalue weighted by Crippen LogP contribution is -2.11. The molecule has 118 valence electrons. The highest BCUT2D eigenvalue weighted by atomic mass is 16.5. The Morgan fingerprint density at radius 2 is 1.96 bits per heavy atom. The number of allylic oxidation sites excluding steroid dienone is 1. The average Bonchev–Trinajstić information content (AvgIpc) is 2.52. The van der Waals surface area contributed by atoms with E-state index in [9.17, 15) is 9.90 Å². The number of hydrogen-bond acceptors (Lipinski definition) is 3. The van der Waals surface area contributed by atoms with E-state index in [0.717, 1.165) is 11.1 Å². The fraction of sp³-hybridized carbons (Fsp3) is 0.211. The molecular formula is C19H19NO3. The number of aromatic hydroxyl groups is 1. The molecule has 2 aromatic carbocycles. The molecule has 0 saturated carbocycles. The number of fused-ring (bicyclic) bond motifs is 2. The molecule has 4 nitrogen and oxygen atoms in total. The van der Waals surface area contributed by atoms with E-state index in [0.29, 0.717) is 28.6 Å². The van der Waals surface area contributed by atoms with Crippen LogP contribution in [-0.4, -0.2) is 16.3 Å². The summed E-state index contributed by atoms with van der Waals surface area (Å²) >= 11 is 0. The van der Waals surface area contributed by atoms with Gasteiger partial charge in [-0.25, -0.2) is 0 Å². The van der Waals surface area contributed by atoms with Crippen molar-refractivity contribution in [3.05, 3.63) is 58.3 Å². The Bertz CT molecular complexity index is 979. The Kier molecular flexibility index (Phi) is 3.82. The lowest BCUT2D eigenvalue weighted by molar-refractivity contribution is 0.363. The monoisotopic (exact) mass is 309 g/mol. The Labute approximate surface area is 134 Å². The van der Waals surface area contributed by atoms with Crippen LogP contribution in [0.1, 0.15) is 13.8 Å². The third-order valence-corrected chi connectivity index (χ3v) is 3.89. The first-order valence-corrected chi connectivity index (χ1v) is 7.49. The van der Waals surface area contributed by atoms with E-state index in [1.165, 1.54) is 6.07 Å². The molecule has 0 unspecified atom stereocenters. The molecule has 0 radical (unpaired) electrons. The van der Waals surface area contributed by atoms with Crippen LogP contribution >= 0.6 is 0 Å². The first-order valence-electron chi connectivity index (χ1n) is 7.49. The number of nitrogens with zero attached hydrogens (tertiary/aromatic N) is 1. The van der Waals surface area contributed by atoms with Gasteiger partial charge in [0, 0.05) is 24.6 Å². The zero-order valence-electron chi connectivity index (χ0n) is 13.5. The summed E-state index contributed by atoms with van der Waals surface area (Å²) in [7, 11) is 1.88. The lowest BCUT2D eigenvalue weighted by Gasteiger charge is -2.14. The number of ether oxygens (including phenoxy) is 1. The number of pyridine rings is 1. The summed E-state index contributed by atoms with van der Waals surface area (Å²) < 4.78 is 7.65. The van der Waals surface area contributed by atoms with Crippen LogP contribution in [0, 0.1) is 0 Å². The van der Waals surface area contributed by atoms with Gasteiger partial charge < -0.3 is 14.4 Å². The molecule has 1 heterocycles. The van der Waals surface area contributed by atoms with Gasteiger partial charge in [0.15, 0.2) is 0 Å². The van der Waals surface area contributed by atoms with Gasteiger partial charge in [-0.1, -0.05) is 17.7 Å². The molecule has 1 N–H and O–H groups in total. The summed E-state index contributed by atoms with van der Waals surface area (Å²) in [5, 5.41) is 11.1. The minimum Gasteiger partial charge on any atom is -0.508 e. The van der Waals surface area contributed by atoms with E-state index < -0.39 is 0 Å². The molecule has 0 aliphatic rings. The second-order valence-corrected chi connectivity index (χ2v) is 5.84. The maximum absolute atomic E-state index is 12.9. The largest absolute Gasteiger partial charge is 0.508 e. The SMILES string of the molecule is CC(C)=CCOc1cc(O)cc2c1c(=O)c1ccccc1n2C. The summed E-state index contributed by atoms with van der Waals surface area (Å²) in [5.41, 5.74) is 2.53. The quantitative estimate of drug-likeness (QED) is 0.592. The van der Waals surface area contributed by atoms with Crippen LogP contribution in [0.15, 0.2) is 52.8 Å². The van der Waals surface area contributed by atoms with Crippen LogP contribution < -0.4 is 10.2 Å². The number of rotatable bonds is 3. The minimum atomic E-state index is -0.0825. The van der Waals surface area contributed by atoms with E-state index in [-0.39, 0.29) is 11.2 Å². The van der Waals surface area contributed by atoms with Gasteiger partial charge in [0.2, 0.25) is 5.43 Å². The van der Waals surface area contributed by atoms with Crippen LogP contribution in [0.3, 0.4) is 0 Å². The fourth-order valence-electron chi connectivity index (χ4n) is 2.71. The van der Waals surface area contributed by atoms with Gasteiger partial charge >= 0.3 is 0 Å². The third kappa shape index (κ3) is 2.68. The predicted molar refractivity (Wildman–Crippen MR) is 93.3 cm³/mol. The number of hydrogen-bond donors (Lipinski definition) is 1. The van der Waals surface area contributed by atoms with Crippen molar-refractivity contribution in [2.24, 2.45) is 7.05 Å². The molecule has 0 amide bonds. The molecule has 0 spiro atoms. The van der Waals surface area contributed by atoms with Gasteiger partial charge in [-0.15, -0.1) is 0 Å². The number of aryl methyl sites for hydroxylation is 1. The van der Waals surface area contributed by atoms with Gasteiger partial charge in [0.05, 0.1) is 16.4 Å². The van der Waals surface area contributed by atoms with E-state index in [2.05, 4.69) is 0 Å². The number of aromatic nitrogens is 1. The summed E-state index contributed by atoms with van der Waals surface area (Å²) in [4.78, 5) is 12.9. The maximum atomic E-state index is 12.9. The van der Waals surface area contributed by atoms with E-state index in [1.54, 1.807) is 6.07 Å². The lowest BCUT2D eigenvalue weighted by atomic mass is 10.1. The van der Waals surface area contributed by atoms with Crippen molar-refractivity contribution in [1.29, 1.82) is 0 Å². The molecular weight excluding hydrogens is 290 g/mol. The van der Waals surface area contributed by atoms with Crippen molar-refractivity contribution in [2.75, 3.05) is 6.61 Å². The van der Waals surface area contributed by atoms with Crippen LogP contribution in [0.5, 0.6) is 11.5 Å². The van der Waals surface area contributed by atoms with E-state index in [4.69, 9.17) is 4.74 Å². The maximum Gasteiger partial charge on any atom is 0.200 e. The molecule has 0 atom stereocenters. The van der Waals surface area contributed by atoms with Crippen molar-refractivity contribution in [3.8, 4) is 11.5 Å². The highest BCUT2D eigenvalue weighted by molar-refractivity contribution is 5.97. The molecule has 1 aromatic heterocycles. The van der Waals surface area contributed by atoms with Crippen molar-refractivity contribution in [1.82, 2.24) is 4.57 Å². The van der Waals surface area contributed by atoms with E-state index >= 15 is 0 Å². The first kappa shape index (κ1) is 15.2. The van der Waals surface area contributed by atoms with Crippen LogP contribution in [0.4, 0.5) is 0 Å². The Hall–Kier alpha value is -2.75. The third-order valence-electron chi connectivity index (χ3n) is 3.89. The Morgan fingerprint density at radius 3 is 2.70 bits per heavy atom. The van der Waals surface area contributed by atoms with Gasteiger partial charge in [0.1, 0.15) is 18.1 Å². The standard InChI is InChI=1S/C19H19NO3/c1-12(2)8-9-23-17-11-13(21)10-16-18(17)19(22)14-6-4-5-7-15(14)20(16)3/h4-8,10-11,21H,9H2,1-3H3. The molecule has 23 heavy (non-hydrogen) atoms. The van der Waals surface area contributed by atoms with Crippen LogP contribution in [0.2, 0.25) is 0 Å². The van der Waals surface area contributed by atoms with Gasteiger partial charge in [-0.3, -0.25) is 4.79 Å². The van der Waals surface area contributed by atoms with Crippen LogP contribution in [0.25, 0.3) is 21.8 Å². The Morgan fingerprint density at radius 1 is 1.22 bits per heavy atom.